The summed E-state index contributed by atoms with van der Waals surface area (Å²) in [6, 6.07) is 0. The van der Waals surface area contributed by atoms with E-state index in [0.717, 1.165) is 6.42 Å². The van der Waals surface area contributed by atoms with Crippen molar-refractivity contribution in [1.29, 1.82) is 0 Å². The molecule has 0 aliphatic carbocycles. The van der Waals surface area contributed by atoms with Gasteiger partial charge in [-0.2, -0.15) is 0 Å². The van der Waals surface area contributed by atoms with E-state index >= 15 is 0 Å². The molecular formula is C11H22O3. The Bertz CT molecular complexity index is 130. The van der Waals surface area contributed by atoms with E-state index in [9.17, 15) is 0 Å². The van der Waals surface area contributed by atoms with E-state index in [1.807, 2.05) is 26.8 Å². The predicted molar refractivity (Wildman–Crippen MR) is 57.3 cm³/mol. The van der Waals surface area contributed by atoms with Crippen LogP contribution in [0.25, 0.3) is 0 Å². The number of ether oxygens (including phenoxy) is 3. The maximum atomic E-state index is 5.53. The summed E-state index contributed by atoms with van der Waals surface area (Å²) in [6.07, 6.45) is 2.64. The molecule has 3 heteroatoms. The third-order valence-electron chi connectivity index (χ3n) is 1.72. The van der Waals surface area contributed by atoms with Crippen LogP contribution < -0.4 is 0 Å². The first kappa shape index (κ1) is 13.6. The van der Waals surface area contributed by atoms with Gasteiger partial charge in [0.15, 0.2) is 6.29 Å². The van der Waals surface area contributed by atoms with Gasteiger partial charge in [-0.3, -0.25) is 0 Å². The van der Waals surface area contributed by atoms with E-state index in [-0.39, 0.29) is 12.4 Å². The number of hydrogen-bond acceptors (Lipinski definition) is 3. The molecule has 84 valence electrons. The van der Waals surface area contributed by atoms with Gasteiger partial charge in [-0.15, -0.1) is 6.58 Å². The lowest BCUT2D eigenvalue weighted by Crippen LogP contribution is -2.25. The van der Waals surface area contributed by atoms with Gasteiger partial charge in [-0.1, -0.05) is 6.08 Å². The number of rotatable bonds is 9. The van der Waals surface area contributed by atoms with Gasteiger partial charge in [0.25, 0.3) is 0 Å². The van der Waals surface area contributed by atoms with Gasteiger partial charge in [-0.05, 0) is 27.2 Å². The third-order valence-corrected chi connectivity index (χ3v) is 1.72. The first-order valence-electron chi connectivity index (χ1n) is 5.20. The van der Waals surface area contributed by atoms with Gasteiger partial charge < -0.3 is 14.2 Å². The molecule has 0 unspecified atom stereocenters. The molecule has 0 spiro atoms. The zero-order chi connectivity index (χ0) is 10.8. The molecule has 0 saturated heterocycles. The lowest BCUT2D eigenvalue weighted by atomic mass is 10.3. The van der Waals surface area contributed by atoms with Crippen molar-refractivity contribution in [2.75, 3.05) is 19.8 Å². The lowest BCUT2D eigenvalue weighted by molar-refractivity contribution is -0.174. The molecule has 14 heavy (non-hydrogen) atoms. The highest BCUT2D eigenvalue weighted by Gasteiger charge is 2.09. The fraction of sp³-hybridized carbons (Fsp3) is 0.818. The maximum Gasteiger partial charge on any atom is 0.180 e. The topological polar surface area (TPSA) is 27.7 Å². The standard InChI is InChI=1S/C11H22O3/c1-5-8-10(4)14-9-11(12-6-2)13-7-3/h5,10-11H,1,6-9H2,2-4H3/t10-/m0/s1. The molecular weight excluding hydrogens is 180 g/mol. The average molecular weight is 202 g/mol. The highest BCUT2D eigenvalue weighted by atomic mass is 16.7. The lowest BCUT2D eigenvalue weighted by Gasteiger charge is -2.19. The van der Waals surface area contributed by atoms with Crippen LogP contribution in [0.15, 0.2) is 12.7 Å². The largest absolute Gasteiger partial charge is 0.373 e. The second-order valence-electron chi connectivity index (χ2n) is 3.01. The Morgan fingerprint density at radius 3 is 2.14 bits per heavy atom. The van der Waals surface area contributed by atoms with Gasteiger partial charge in [0.2, 0.25) is 0 Å². The van der Waals surface area contributed by atoms with Crippen molar-refractivity contribution in [3.63, 3.8) is 0 Å². The SMILES string of the molecule is C=CC[C@H](C)OCC(OCC)OCC. The van der Waals surface area contributed by atoms with Crippen LogP contribution in [0, 0.1) is 0 Å². The summed E-state index contributed by atoms with van der Waals surface area (Å²) in [5, 5.41) is 0. The Morgan fingerprint density at radius 1 is 1.14 bits per heavy atom. The highest BCUT2D eigenvalue weighted by molar-refractivity contribution is 4.70. The third kappa shape index (κ3) is 7.06. The van der Waals surface area contributed by atoms with Crippen molar-refractivity contribution in [1.82, 2.24) is 0 Å². The van der Waals surface area contributed by atoms with E-state index in [4.69, 9.17) is 14.2 Å². The minimum Gasteiger partial charge on any atom is -0.373 e. The summed E-state index contributed by atoms with van der Waals surface area (Å²) in [5.74, 6) is 0. The van der Waals surface area contributed by atoms with Crippen molar-refractivity contribution >= 4 is 0 Å². The van der Waals surface area contributed by atoms with E-state index in [2.05, 4.69) is 6.58 Å². The monoisotopic (exact) mass is 202 g/mol. The normalized spacial score (nSPS) is 13.1. The second-order valence-corrected chi connectivity index (χ2v) is 3.01. The minimum atomic E-state index is -0.239. The Morgan fingerprint density at radius 2 is 1.71 bits per heavy atom. The second kappa shape index (κ2) is 9.19. The molecule has 0 bridgehead atoms. The van der Waals surface area contributed by atoms with Crippen LogP contribution in [0.1, 0.15) is 27.2 Å². The molecule has 0 fully saturated rings. The van der Waals surface area contributed by atoms with E-state index in [1.54, 1.807) is 0 Å². The van der Waals surface area contributed by atoms with E-state index in [1.165, 1.54) is 0 Å². The molecule has 0 aliphatic rings. The van der Waals surface area contributed by atoms with Crippen molar-refractivity contribution in [3.05, 3.63) is 12.7 Å². The van der Waals surface area contributed by atoms with Crippen molar-refractivity contribution < 1.29 is 14.2 Å². The molecule has 0 radical (unpaired) electrons. The summed E-state index contributed by atoms with van der Waals surface area (Å²) in [5.41, 5.74) is 0. The minimum absolute atomic E-state index is 0.177. The highest BCUT2D eigenvalue weighted by Crippen LogP contribution is 2.02. The molecule has 0 heterocycles. The quantitative estimate of drug-likeness (QED) is 0.424. The molecule has 0 rings (SSSR count). The van der Waals surface area contributed by atoms with Gasteiger partial charge in [-0.25, -0.2) is 0 Å². The Balaban J connectivity index is 3.62. The molecule has 0 N–H and O–H groups in total. The molecule has 3 nitrogen and oxygen atoms in total. The molecule has 1 atom stereocenters. The number of hydrogen-bond donors (Lipinski definition) is 0. The molecule has 0 amide bonds. The van der Waals surface area contributed by atoms with Crippen molar-refractivity contribution in [2.45, 2.75) is 39.6 Å². The summed E-state index contributed by atoms with van der Waals surface area (Å²) in [6.45, 7) is 11.3. The first-order chi connectivity index (χ1) is 6.74. The smallest absolute Gasteiger partial charge is 0.180 e. The van der Waals surface area contributed by atoms with Crippen LogP contribution in [0.2, 0.25) is 0 Å². The molecule has 0 aromatic carbocycles. The van der Waals surface area contributed by atoms with Gasteiger partial charge in [0.1, 0.15) is 0 Å². The summed E-state index contributed by atoms with van der Waals surface area (Å²) >= 11 is 0. The molecule has 0 saturated carbocycles. The van der Waals surface area contributed by atoms with Crippen LogP contribution in [-0.4, -0.2) is 32.2 Å². The van der Waals surface area contributed by atoms with E-state index < -0.39 is 0 Å². The van der Waals surface area contributed by atoms with Gasteiger partial charge in [0, 0.05) is 13.2 Å². The zero-order valence-electron chi connectivity index (χ0n) is 9.49. The first-order valence-corrected chi connectivity index (χ1v) is 5.20. The van der Waals surface area contributed by atoms with Gasteiger partial charge >= 0.3 is 0 Å². The Kier molecular flexibility index (Phi) is 8.94. The van der Waals surface area contributed by atoms with Crippen molar-refractivity contribution in [2.24, 2.45) is 0 Å². The van der Waals surface area contributed by atoms with Crippen LogP contribution in [0.5, 0.6) is 0 Å². The van der Waals surface area contributed by atoms with Crippen LogP contribution in [0.3, 0.4) is 0 Å². The van der Waals surface area contributed by atoms with Crippen molar-refractivity contribution in [3.8, 4) is 0 Å². The molecule has 0 aromatic rings. The predicted octanol–water partition coefficient (Wildman–Crippen LogP) is 2.37. The zero-order valence-corrected chi connectivity index (χ0v) is 9.49. The summed E-state index contributed by atoms with van der Waals surface area (Å²) in [4.78, 5) is 0. The van der Waals surface area contributed by atoms with Crippen LogP contribution in [0.4, 0.5) is 0 Å². The molecule has 0 aliphatic heterocycles. The van der Waals surface area contributed by atoms with Crippen LogP contribution >= 0.6 is 0 Å². The molecule has 0 aromatic heterocycles. The average Bonchev–Trinajstić information content (AvgIpc) is 2.15. The fourth-order valence-corrected chi connectivity index (χ4v) is 1.06. The maximum absolute atomic E-state index is 5.53. The van der Waals surface area contributed by atoms with Gasteiger partial charge in [0.05, 0.1) is 12.7 Å². The summed E-state index contributed by atoms with van der Waals surface area (Å²) < 4.78 is 16.2. The van der Waals surface area contributed by atoms with Crippen LogP contribution in [-0.2, 0) is 14.2 Å². The summed E-state index contributed by atoms with van der Waals surface area (Å²) in [7, 11) is 0. The Labute approximate surface area is 87.0 Å². The fourth-order valence-electron chi connectivity index (χ4n) is 1.06. The van der Waals surface area contributed by atoms with E-state index in [0.29, 0.717) is 19.8 Å². The Hall–Kier alpha value is -0.380.